The first-order chi connectivity index (χ1) is 27.8. The number of rotatable bonds is 13. The van der Waals surface area contributed by atoms with Gasteiger partial charge in [-0.3, -0.25) is 15.0 Å². The monoisotopic (exact) mass is 813 g/mol. The lowest BCUT2D eigenvalue weighted by atomic mass is 9.99. The van der Waals surface area contributed by atoms with E-state index < -0.39 is 18.6 Å². The number of hydrogen-bond acceptors (Lipinski definition) is 9. The molecule has 1 atom stereocenters. The van der Waals surface area contributed by atoms with Crippen LogP contribution in [0.25, 0.3) is 17.1 Å². The first-order valence-corrected chi connectivity index (χ1v) is 19.5. The van der Waals surface area contributed by atoms with Gasteiger partial charge in [0.25, 0.3) is 0 Å². The van der Waals surface area contributed by atoms with Crippen LogP contribution in [0.3, 0.4) is 0 Å². The van der Waals surface area contributed by atoms with Crippen LogP contribution in [0.15, 0.2) is 113 Å². The minimum absolute atomic E-state index is 0.000482. The van der Waals surface area contributed by atoms with Gasteiger partial charge in [-0.2, -0.15) is 4.99 Å². The van der Waals surface area contributed by atoms with Gasteiger partial charge in [0.15, 0.2) is 11.0 Å². The first-order valence-electron chi connectivity index (χ1n) is 18.5. The molecule has 1 aromatic heterocycles. The van der Waals surface area contributed by atoms with Crippen molar-refractivity contribution in [1.29, 1.82) is 0 Å². The van der Waals surface area contributed by atoms with Crippen LogP contribution in [0.1, 0.15) is 55.4 Å². The molecular weight excluding hydrogens is 772 g/mol. The molecule has 1 fully saturated rings. The zero-order valence-corrected chi connectivity index (χ0v) is 33.1. The average molecular weight is 814 g/mol. The van der Waals surface area contributed by atoms with E-state index in [2.05, 4.69) is 34.0 Å². The molecule has 1 N–H and O–H groups in total. The van der Waals surface area contributed by atoms with E-state index in [0.717, 1.165) is 27.9 Å². The lowest BCUT2D eigenvalue weighted by Gasteiger charge is -2.22. The van der Waals surface area contributed by atoms with Crippen LogP contribution in [0, 0.1) is 6.92 Å². The summed E-state index contributed by atoms with van der Waals surface area (Å²) in [6.45, 7) is 8.41. The number of alkyl carbamates (subject to hydrolysis) is 1. The number of ether oxygens (including phenoxy) is 3. The summed E-state index contributed by atoms with van der Waals surface area (Å²) < 4.78 is 54.7. The Bertz CT molecular complexity index is 2250. The third-order valence-corrected chi connectivity index (χ3v) is 9.60. The Balaban J connectivity index is 1.26. The van der Waals surface area contributed by atoms with E-state index in [-0.39, 0.29) is 42.4 Å². The molecule has 4 aromatic carbocycles. The molecule has 0 radical (unpaired) electrons. The second-order valence-electron chi connectivity index (χ2n) is 13.6. The summed E-state index contributed by atoms with van der Waals surface area (Å²) in [6, 6.07) is 27.9. The molecule has 1 unspecified atom stereocenters. The van der Waals surface area contributed by atoms with Crippen LogP contribution >= 0.6 is 11.8 Å². The number of nitrogens with zero attached hydrogens (tertiary/aromatic N) is 6. The van der Waals surface area contributed by atoms with Crippen LogP contribution in [0.4, 0.5) is 23.7 Å². The van der Waals surface area contributed by atoms with Gasteiger partial charge in [-0.1, -0.05) is 99.3 Å². The minimum Gasteiger partial charge on any atom is -0.464 e. The van der Waals surface area contributed by atoms with E-state index in [1.54, 1.807) is 4.90 Å². The topological polar surface area (TPSA) is 133 Å². The zero-order chi connectivity index (χ0) is 41.2. The summed E-state index contributed by atoms with van der Waals surface area (Å²) >= 11 is 1.29. The molecule has 302 valence electrons. The Labute approximate surface area is 338 Å². The Morgan fingerprint density at radius 1 is 0.966 bits per heavy atom. The lowest BCUT2D eigenvalue weighted by molar-refractivity contribution is -0.274. The van der Waals surface area contributed by atoms with Crippen LogP contribution in [-0.4, -0.2) is 62.8 Å². The Morgan fingerprint density at radius 2 is 1.71 bits per heavy atom. The molecule has 1 saturated heterocycles. The number of carbonyl (C=O) groups excluding carboxylic acids is 2. The molecule has 2 heterocycles. The van der Waals surface area contributed by atoms with Crippen molar-refractivity contribution in [2.24, 2.45) is 9.98 Å². The van der Waals surface area contributed by atoms with Gasteiger partial charge in [-0.05, 0) is 71.8 Å². The Hall–Kier alpha value is -6.16. The van der Waals surface area contributed by atoms with Gasteiger partial charge in [0.1, 0.15) is 24.8 Å². The maximum Gasteiger partial charge on any atom is 0.573 e. The second kappa shape index (κ2) is 18.9. The molecular formula is C42H42F3N7O5S. The summed E-state index contributed by atoms with van der Waals surface area (Å²) in [7, 11) is 0. The third-order valence-electron chi connectivity index (χ3n) is 8.67. The van der Waals surface area contributed by atoms with Gasteiger partial charge in [-0.15, -0.1) is 18.3 Å². The number of alkyl halides is 3. The van der Waals surface area contributed by atoms with Gasteiger partial charge in [0.05, 0.1) is 23.7 Å². The summed E-state index contributed by atoms with van der Waals surface area (Å²) in [5.41, 5.74) is 5.52. The number of amides is 2. The molecule has 2 amide bonds. The van der Waals surface area contributed by atoms with Crippen molar-refractivity contribution in [3.63, 3.8) is 0 Å². The highest BCUT2D eigenvalue weighted by Gasteiger charge is 2.33. The minimum atomic E-state index is -4.79. The molecule has 12 nitrogen and oxygen atoms in total. The maximum absolute atomic E-state index is 13.3. The molecule has 1 aliphatic heterocycles. The molecule has 16 heteroatoms. The number of aliphatic imine (C=N–C) groups is 2. The van der Waals surface area contributed by atoms with Crippen molar-refractivity contribution < 1.29 is 37.0 Å². The predicted molar refractivity (Wildman–Crippen MR) is 217 cm³/mol. The second-order valence-corrected chi connectivity index (χ2v) is 14.5. The van der Waals surface area contributed by atoms with E-state index in [1.807, 2.05) is 86.6 Å². The molecule has 6 rings (SSSR count). The van der Waals surface area contributed by atoms with E-state index in [4.69, 9.17) is 19.5 Å². The molecule has 0 bridgehead atoms. The van der Waals surface area contributed by atoms with Crippen molar-refractivity contribution >= 4 is 40.6 Å². The number of hydrogen-bond donors (Lipinski definition) is 1. The highest BCUT2D eigenvalue weighted by molar-refractivity contribution is 8.15. The van der Waals surface area contributed by atoms with Gasteiger partial charge >= 0.3 is 18.5 Å². The fraction of sp³-hybridized carbons (Fsp3) is 0.286. The maximum atomic E-state index is 13.3. The van der Waals surface area contributed by atoms with Crippen LogP contribution in [-0.2, 0) is 27.3 Å². The van der Waals surface area contributed by atoms with Gasteiger partial charge in [-0.25, -0.2) is 19.5 Å². The van der Waals surface area contributed by atoms with Crippen LogP contribution < -0.4 is 15.0 Å². The number of amidine groups is 2. The molecule has 0 saturated carbocycles. The van der Waals surface area contributed by atoms with Gasteiger partial charge in [0.2, 0.25) is 5.91 Å². The number of thioether (sulfide) groups is 1. The summed E-state index contributed by atoms with van der Waals surface area (Å²) in [5, 5.41) is 7.75. The highest BCUT2D eigenvalue weighted by atomic mass is 32.2. The number of nitrogens with one attached hydrogen (secondary N) is 1. The van der Waals surface area contributed by atoms with Crippen molar-refractivity contribution in [2.75, 3.05) is 17.3 Å². The number of carbonyl (C=O) groups is 2. The van der Waals surface area contributed by atoms with E-state index >= 15 is 0 Å². The number of anilines is 1. The lowest BCUT2D eigenvalue weighted by Crippen LogP contribution is -2.36. The van der Waals surface area contributed by atoms with Crippen LogP contribution in [0.2, 0.25) is 0 Å². The van der Waals surface area contributed by atoms with E-state index in [1.165, 1.54) is 47.0 Å². The number of aryl methyl sites for hydroxylation is 1. The van der Waals surface area contributed by atoms with E-state index in [9.17, 15) is 22.8 Å². The average Bonchev–Trinajstić information content (AvgIpc) is 3.83. The van der Waals surface area contributed by atoms with Crippen molar-refractivity contribution in [2.45, 2.75) is 65.6 Å². The van der Waals surface area contributed by atoms with Crippen LogP contribution in [0.5, 0.6) is 5.75 Å². The zero-order valence-electron chi connectivity index (χ0n) is 32.3. The Kier molecular flexibility index (Phi) is 13.5. The quantitative estimate of drug-likeness (QED) is 0.0921. The smallest absolute Gasteiger partial charge is 0.464 e. The molecule has 1 aliphatic rings. The molecule has 0 aliphatic carbocycles. The fourth-order valence-electron chi connectivity index (χ4n) is 5.89. The molecule has 0 spiro atoms. The SMILES string of the molecule is CCCOC(=N\C(Cc1ccc(-c2ncn(-c3ccc(OC(F)(F)F)cc3)n2)cc1)NC(=O)OCc1ccccc1)/N=C1\SCC(=O)N1c1cc(C)ccc1C(C)C. The summed E-state index contributed by atoms with van der Waals surface area (Å²) in [6.07, 6.45) is -4.05. The van der Waals surface area contributed by atoms with Crippen molar-refractivity contribution in [1.82, 2.24) is 20.1 Å². The standard InChI is InChI=1S/C42H42F3N7O5S/c1-5-21-55-39(49-40-52(37(53)25-58-40)35-22-28(4)11-20-34(35)27(2)3)47-36(48-41(54)56-24-30-9-7-6-8-10-30)23-29-12-14-31(15-13-29)38-46-26-51(50-38)32-16-18-33(19-17-32)57-42(43,44)45/h6-20,22,26-27,36H,5,21,23-25H2,1-4H3,(H,48,54)/b47-39-,49-40-. The van der Waals surface area contributed by atoms with E-state index in [0.29, 0.717) is 35.3 Å². The predicted octanol–water partition coefficient (Wildman–Crippen LogP) is 8.98. The van der Waals surface area contributed by atoms with Gasteiger partial charge in [0, 0.05) is 12.0 Å². The number of benzene rings is 4. The normalized spacial score (nSPS) is 14.6. The molecule has 5 aromatic rings. The number of aromatic nitrogens is 3. The fourth-order valence-corrected chi connectivity index (χ4v) is 6.74. The summed E-state index contributed by atoms with van der Waals surface area (Å²) in [5.74, 6) is 0.269. The summed E-state index contributed by atoms with van der Waals surface area (Å²) in [4.78, 5) is 42.1. The number of halogens is 3. The van der Waals surface area contributed by atoms with Crippen molar-refractivity contribution in [3.8, 4) is 22.8 Å². The third kappa shape index (κ3) is 11.2. The highest BCUT2D eigenvalue weighted by Crippen LogP contribution is 2.34. The van der Waals surface area contributed by atoms with Gasteiger partial charge < -0.3 is 14.2 Å². The Morgan fingerprint density at radius 3 is 2.40 bits per heavy atom. The molecule has 58 heavy (non-hydrogen) atoms. The first kappa shape index (κ1) is 41.5. The largest absolute Gasteiger partial charge is 0.573 e. The van der Waals surface area contributed by atoms with Crippen molar-refractivity contribution in [3.05, 3.63) is 126 Å².